The number of nitrogens with one attached hydrogen (secondary N) is 1. The van der Waals surface area contributed by atoms with Crippen molar-refractivity contribution in [1.82, 2.24) is 10.3 Å². The van der Waals surface area contributed by atoms with Crippen LogP contribution >= 0.6 is 0 Å². The Morgan fingerprint density at radius 1 is 1.33 bits per heavy atom. The Labute approximate surface area is 123 Å². The minimum absolute atomic E-state index is 0.203. The topological polar surface area (TPSA) is 51.2 Å². The van der Waals surface area contributed by atoms with E-state index in [4.69, 9.17) is 4.74 Å². The van der Waals surface area contributed by atoms with Gasteiger partial charge in [0.2, 0.25) is 0 Å². The summed E-state index contributed by atoms with van der Waals surface area (Å²) in [5, 5.41) is 2.80. The molecule has 1 aromatic carbocycles. The summed E-state index contributed by atoms with van der Waals surface area (Å²) >= 11 is 0. The number of carbonyl (C=O) groups is 1. The Morgan fingerprint density at radius 3 is 2.71 bits per heavy atom. The van der Waals surface area contributed by atoms with Gasteiger partial charge < -0.3 is 10.1 Å². The van der Waals surface area contributed by atoms with E-state index >= 15 is 0 Å². The van der Waals surface area contributed by atoms with E-state index in [0.717, 1.165) is 5.56 Å². The van der Waals surface area contributed by atoms with Crippen LogP contribution in [0.2, 0.25) is 0 Å². The summed E-state index contributed by atoms with van der Waals surface area (Å²) in [6, 6.07) is 9.31. The third-order valence-electron chi connectivity index (χ3n) is 2.94. The zero-order valence-electron chi connectivity index (χ0n) is 11.8. The van der Waals surface area contributed by atoms with Crippen molar-refractivity contribution in [2.75, 3.05) is 0 Å². The number of rotatable bonds is 6. The van der Waals surface area contributed by atoms with E-state index in [-0.39, 0.29) is 11.7 Å². The van der Waals surface area contributed by atoms with Crippen molar-refractivity contribution < 1.29 is 13.9 Å². The lowest BCUT2D eigenvalue weighted by molar-refractivity contribution is -0.128. The molecule has 0 saturated carbocycles. The van der Waals surface area contributed by atoms with Crippen LogP contribution in [0.4, 0.5) is 4.39 Å². The molecule has 0 aliphatic heterocycles. The Morgan fingerprint density at radius 2 is 2.10 bits per heavy atom. The van der Waals surface area contributed by atoms with Gasteiger partial charge in [-0.25, -0.2) is 4.39 Å². The molecular formula is C16H17FN2O2. The van der Waals surface area contributed by atoms with E-state index in [2.05, 4.69) is 10.3 Å². The highest BCUT2D eigenvalue weighted by Crippen LogP contribution is 2.14. The van der Waals surface area contributed by atoms with Crippen LogP contribution in [0.1, 0.15) is 18.9 Å². The van der Waals surface area contributed by atoms with Gasteiger partial charge in [0.25, 0.3) is 5.91 Å². The van der Waals surface area contributed by atoms with Crippen molar-refractivity contribution in [1.29, 1.82) is 0 Å². The monoisotopic (exact) mass is 288 g/mol. The molecule has 0 spiro atoms. The van der Waals surface area contributed by atoms with E-state index < -0.39 is 6.10 Å². The molecular weight excluding hydrogens is 271 g/mol. The quantitative estimate of drug-likeness (QED) is 0.889. The normalized spacial score (nSPS) is 11.7. The molecule has 0 aliphatic carbocycles. The van der Waals surface area contributed by atoms with Gasteiger partial charge in [-0.15, -0.1) is 0 Å². The van der Waals surface area contributed by atoms with Crippen molar-refractivity contribution in [2.24, 2.45) is 0 Å². The Balaban J connectivity index is 1.90. The maximum Gasteiger partial charge on any atom is 0.261 e. The molecule has 5 heteroatoms. The smallest absolute Gasteiger partial charge is 0.261 e. The molecule has 2 aromatic rings. The van der Waals surface area contributed by atoms with E-state index in [1.165, 1.54) is 24.3 Å². The average Bonchev–Trinajstić information content (AvgIpc) is 2.53. The number of pyridine rings is 1. The van der Waals surface area contributed by atoms with Crippen molar-refractivity contribution in [2.45, 2.75) is 26.0 Å². The highest BCUT2D eigenvalue weighted by molar-refractivity contribution is 5.81. The molecule has 1 aromatic heterocycles. The first-order valence-corrected chi connectivity index (χ1v) is 6.78. The molecule has 0 bridgehead atoms. The second-order valence-corrected chi connectivity index (χ2v) is 4.55. The molecule has 110 valence electrons. The van der Waals surface area contributed by atoms with E-state index in [9.17, 15) is 9.18 Å². The SMILES string of the molecule is CC[C@@H](Oc1ccc(F)cc1)C(=O)NCc1cccnc1. The first-order valence-electron chi connectivity index (χ1n) is 6.78. The van der Waals surface area contributed by atoms with Crippen LogP contribution in [0, 0.1) is 5.82 Å². The maximum atomic E-state index is 12.8. The molecule has 1 heterocycles. The predicted molar refractivity (Wildman–Crippen MR) is 77.2 cm³/mol. The Hall–Kier alpha value is -2.43. The third kappa shape index (κ3) is 4.56. The molecule has 1 amide bonds. The highest BCUT2D eigenvalue weighted by atomic mass is 19.1. The fourth-order valence-electron chi connectivity index (χ4n) is 1.81. The van der Waals surface area contributed by atoms with E-state index in [1.807, 2.05) is 19.1 Å². The number of nitrogens with zero attached hydrogens (tertiary/aromatic N) is 1. The molecule has 0 saturated heterocycles. The number of hydrogen-bond acceptors (Lipinski definition) is 3. The largest absolute Gasteiger partial charge is 0.481 e. The number of benzene rings is 1. The minimum Gasteiger partial charge on any atom is -0.481 e. The van der Waals surface area contributed by atoms with Gasteiger partial charge in [-0.05, 0) is 42.3 Å². The van der Waals surface area contributed by atoms with Gasteiger partial charge in [-0.3, -0.25) is 9.78 Å². The van der Waals surface area contributed by atoms with Gasteiger partial charge in [0, 0.05) is 18.9 Å². The zero-order valence-corrected chi connectivity index (χ0v) is 11.8. The van der Waals surface area contributed by atoms with E-state index in [1.54, 1.807) is 12.4 Å². The molecule has 1 atom stereocenters. The molecule has 4 nitrogen and oxygen atoms in total. The van der Waals surface area contributed by atoms with E-state index in [0.29, 0.717) is 18.7 Å². The molecule has 1 N–H and O–H groups in total. The van der Waals surface area contributed by atoms with Gasteiger partial charge >= 0.3 is 0 Å². The van der Waals surface area contributed by atoms with Gasteiger partial charge in [-0.1, -0.05) is 13.0 Å². The summed E-state index contributed by atoms with van der Waals surface area (Å²) in [6.07, 6.45) is 3.29. The van der Waals surface area contributed by atoms with Gasteiger partial charge in [-0.2, -0.15) is 0 Å². The lowest BCUT2D eigenvalue weighted by Crippen LogP contribution is -2.37. The summed E-state index contributed by atoms with van der Waals surface area (Å²) in [7, 11) is 0. The van der Waals surface area contributed by atoms with Crippen LogP contribution in [-0.4, -0.2) is 17.0 Å². The number of halogens is 1. The standard InChI is InChI=1S/C16H17FN2O2/c1-2-15(21-14-7-5-13(17)6-8-14)16(20)19-11-12-4-3-9-18-10-12/h3-10,15H,2,11H2,1H3,(H,19,20)/t15-/m1/s1. The summed E-state index contributed by atoms with van der Waals surface area (Å²) in [5.41, 5.74) is 0.919. The molecule has 0 aliphatic rings. The Kier molecular flexibility index (Phi) is 5.26. The van der Waals surface area contributed by atoms with Crippen LogP contribution in [0.15, 0.2) is 48.8 Å². The fourth-order valence-corrected chi connectivity index (χ4v) is 1.81. The van der Waals surface area contributed by atoms with Gasteiger partial charge in [0.05, 0.1) is 0 Å². The lowest BCUT2D eigenvalue weighted by Gasteiger charge is -2.17. The zero-order chi connectivity index (χ0) is 15.1. The van der Waals surface area contributed by atoms with Gasteiger partial charge in [0.1, 0.15) is 11.6 Å². The second-order valence-electron chi connectivity index (χ2n) is 4.55. The molecule has 21 heavy (non-hydrogen) atoms. The minimum atomic E-state index is -0.605. The van der Waals surface area contributed by atoms with Crippen LogP contribution in [0.25, 0.3) is 0 Å². The summed E-state index contributed by atoms with van der Waals surface area (Å²) < 4.78 is 18.4. The number of ether oxygens (including phenoxy) is 1. The number of amides is 1. The number of hydrogen-bond donors (Lipinski definition) is 1. The van der Waals surface area contributed by atoms with Crippen LogP contribution in [0.3, 0.4) is 0 Å². The first kappa shape index (κ1) is 15.0. The lowest BCUT2D eigenvalue weighted by atomic mass is 10.2. The van der Waals surface area contributed by atoms with Crippen molar-refractivity contribution in [3.63, 3.8) is 0 Å². The predicted octanol–water partition coefficient (Wildman–Crippen LogP) is 2.69. The number of carbonyl (C=O) groups excluding carboxylic acids is 1. The summed E-state index contributed by atoms with van der Waals surface area (Å²) in [6.45, 7) is 2.26. The maximum absolute atomic E-state index is 12.8. The van der Waals surface area contributed by atoms with Crippen molar-refractivity contribution in [3.8, 4) is 5.75 Å². The highest BCUT2D eigenvalue weighted by Gasteiger charge is 2.17. The average molecular weight is 288 g/mol. The first-order chi connectivity index (χ1) is 10.2. The van der Waals surface area contributed by atoms with Crippen LogP contribution in [0.5, 0.6) is 5.75 Å². The summed E-state index contributed by atoms with van der Waals surface area (Å²) in [5.74, 6) is -0.0677. The Bertz CT molecular complexity index is 573. The fraction of sp³-hybridized carbons (Fsp3) is 0.250. The molecule has 0 radical (unpaired) electrons. The van der Waals surface area contributed by atoms with Crippen molar-refractivity contribution >= 4 is 5.91 Å². The molecule has 0 unspecified atom stereocenters. The second kappa shape index (κ2) is 7.38. The van der Waals surface area contributed by atoms with Crippen LogP contribution < -0.4 is 10.1 Å². The molecule has 2 rings (SSSR count). The number of aromatic nitrogens is 1. The summed E-state index contributed by atoms with van der Waals surface area (Å²) in [4.78, 5) is 16.1. The van der Waals surface area contributed by atoms with Crippen molar-refractivity contribution in [3.05, 3.63) is 60.2 Å². The van der Waals surface area contributed by atoms with Crippen LogP contribution in [-0.2, 0) is 11.3 Å². The molecule has 0 fully saturated rings. The van der Waals surface area contributed by atoms with Gasteiger partial charge in [0.15, 0.2) is 6.10 Å². The third-order valence-corrected chi connectivity index (χ3v) is 2.94.